The van der Waals surface area contributed by atoms with Crippen LogP contribution in [0.4, 0.5) is 0 Å². The number of hydrogen-bond acceptors (Lipinski definition) is 6. The molecule has 1 saturated heterocycles. The van der Waals surface area contributed by atoms with Crippen LogP contribution in [0.5, 0.6) is 0 Å². The van der Waals surface area contributed by atoms with E-state index in [9.17, 15) is 14.4 Å². The van der Waals surface area contributed by atoms with Gasteiger partial charge in [0.2, 0.25) is 5.91 Å². The molecule has 1 rings (SSSR count). The van der Waals surface area contributed by atoms with Crippen molar-refractivity contribution in [3.05, 3.63) is 0 Å². The maximum Gasteiger partial charge on any atom is 0.344 e. The fourth-order valence-corrected chi connectivity index (χ4v) is 1.95. The third-order valence-corrected chi connectivity index (χ3v) is 2.71. The summed E-state index contributed by atoms with van der Waals surface area (Å²) in [4.78, 5) is 36.4. The van der Waals surface area contributed by atoms with Gasteiger partial charge in [0.25, 0.3) is 0 Å². The minimum atomic E-state index is -1.21. The predicted molar refractivity (Wildman–Crippen MR) is 70.3 cm³/mol. The van der Waals surface area contributed by atoms with Crippen molar-refractivity contribution in [1.29, 1.82) is 0 Å². The Labute approximate surface area is 118 Å². The summed E-state index contributed by atoms with van der Waals surface area (Å²) >= 11 is 0. The first-order valence-corrected chi connectivity index (χ1v) is 6.39. The number of likely N-dealkylation sites (N-methyl/N-ethyl adjacent to an activating group) is 1. The van der Waals surface area contributed by atoms with Gasteiger partial charge in [-0.25, -0.2) is 10.1 Å². The lowest BCUT2D eigenvalue weighted by molar-refractivity contribution is -0.186. The summed E-state index contributed by atoms with van der Waals surface area (Å²) < 4.78 is 10.4. The molecule has 0 spiro atoms. The van der Waals surface area contributed by atoms with Gasteiger partial charge in [0.05, 0.1) is 6.42 Å². The third-order valence-electron chi connectivity index (χ3n) is 2.71. The number of esters is 2. The Bertz CT molecular complexity index is 429. The Balaban J connectivity index is 2.91. The van der Waals surface area contributed by atoms with Crippen LogP contribution in [0.25, 0.3) is 0 Å². The number of carbonyl (C=O) groups is 3. The number of rotatable bonds is 2. The number of ether oxygens (including phenoxy) is 2. The normalized spacial score (nSPS) is 27.2. The Hall–Kier alpha value is -1.63. The van der Waals surface area contributed by atoms with Crippen molar-refractivity contribution in [2.45, 2.75) is 58.5 Å². The number of nitrogens with zero attached hydrogens (tertiary/aromatic N) is 1. The van der Waals surface area contributed by atoms with Crippen LogP contribution in [0.15, 0.2) is 0 Å². The van der Waals surface area contributed by atoms with Gasteiger partial charge in [-0.1, -0.05) is 0 Å². The molecule has 114 valence electrons. The lowest BCUT2D eigenvalue weighted by Gasteiger charge is -2.42. The molecule has 20 heavy (non-hydrogen) atoms. The minimum absolute atomic E-state index is 0.0393. The molecule has 0 aromatic carbocycles. The fraction of sp³-hybridized carbons (Fsp3) is 0.769. The van der Waals surface area contributed by atoms with Crippen LogP contribution in [0.2, 0.25) is 0 Å². The highest BCUT2D eigenvalue weighted by atomic mass is 16.6. The second-order valence-electron chi connectivity index (χ2n) is 6.09. The number of carbonyl (C=O) groups excluding carboxylic acids is 3. The lowest BCUT2D eigenvalue weighted by Crippen LogP contribution is -2.67. The fourth-order valence-electron chi connectivity index (χ4n) is 1.95. The van der Waals surface area contributed by atoms with Crippen molar-refractivity contribution < 1.29 is 23.9 Å². The standard InChI is InChI=1S/C13H22N2O5/c1-8(16)19-13(5)7-9(17)15(6)10(14-13)11(18)20-12(2,3)4/h10,14H,7H2,1-6H3/t10-,13?/m0/s1. The molecule has 1 aliphatic heterocycles. The molecule has 1 fully saturated rings. The van der Waals surface area contributed by atoms with Gasteiger partial charge in [-0.15, -0.1) is 0 Å². The minimum Gasteiger partial charge on any atom is -0.457 e. The monoisotopic (exact) mass is 286 g/mol. The van der Waals surface area contributed by atoms with Crippen LogP contribution in [-0.2, 0) is 23.9 Å². The summed E-state index contributed by atoms with van der Waals surface area (Å²) in [5.74, 6) is -1.42. The first-order valence-electron chi connectivity index (χ1n) is 6.39. The van der Waals surface area contributed by atoms with E-state index in [2.05, 4.69) is 5.32 Å². The maximum atomic E-state index is 12.1. The molecule has 1 aliphatic rings. The Kier molecular flexibility index (Phi) is 4.43. The lowest BCUT2D eigenvalue weighted by atomic mass is 10.1. The summed E-state index contributed by atoms with van der Waals surface area (Å²) in [5.41, 5.74) is -1.88. The average molecular weight is 286 g/mol. The van der Waals surface area contributed by atoms with Crippen molar-refractivity contribution in [2.24, 2.45) is 0 Å². The van der Waals surface area contributed by atoms with Crippen molar-refractivity contribution in [1.82, 2.24) is 10.2 Å². The molecular weight excluding hydrogens is 264 g/mol. The van der Waals surface area contributed by atoms with E-state index in [1.165, 1.54) is 18.9 Å². The van der Waals surface area contributed by atoms with Crippen LogP contribution < -0.4 is 5.32 Å². The van der Waals surface area contributed by atoms with Crippen molar-refractivity contribution in [3.8, 4) is 0 Å². The van der Waals surface area contributed by atoms with Gasteiger partial charge < -0.3 is 14.4 Å². The molecule has 0 aliphatic carbocycles. The van der Waals surface area contributed by atoms with Crippen molar-refractivity contribution in [2.75, 3.05) is 7.05 Å². The molecule has 7 nitrogen and oxygen atoms in total. The van der Waals surface area contributed by atoms with E-state index in [0.717, 1.165) is 0 Å². The molecular formula is C13H22N2O5. The first-order chi connectivity index (χ1) is 8.93. The second-order valence-corrected chi connectivity index (χ2v) is 6.09. The van der Waals surface area contributed by atoms with E-state index in [0.29, 0.717) is 0 Å². The summed E-state index contributed by atoms with van der Waals surface area (Å²) in [7, 11) is 1.50. The summed E-state index contributed by atoms with van der Waals surface area (Å²) in [6, 6.07) is 0. The van der Waals surface area contributed by atoms with Crippen LogP contribution in [0.1, 0.15) is 41.0 Å². The SMILES string of the molecule is CC(=O)OC1(C)CC(=O)N(C)[C@@H](C(=O)OC(C)(C)C)N1. The van der Waals surface area contributed by atoms with Crippen LogP contribution >= 0.6 is 0 Å². The number of hydrogen-bond donors (Lipinski definition) is 1. The van der Waals surface area contributed by atoms with Gasteiger partial charge in [-0.2, -0.15) is 0 Å². The molecule has 0 aromatic rings. The van der Waals surface area contributed by atoms with Crippen LogP contribution in [0, 0.1) is 0 Å². The van der Waals surface area contributed by atoms with E-state index >= 15 is 0 Å². The van der Waals surface area contributed by atoms with Crippen LogP contribution in [-0.4, -0.2) is 47.3 Å². The van der Waals surface area contributed by atoms with Gasteiger partial charge in [-0.05, 0) is 27.7 Å². The first kappa shape index (κ1) is 16.4. The Morgan fingerprint density at radius 3 is 2.40 bits per heavy atom. The van der Waals surface area contributed by atoms with Gasteiger partial charge >= 0.3 is 11.9 Å². The molecule has 1 unspecified atom stereocenters. The quantitative estimate of drug-likeness (QED) is 0.739. The molecule has 0 radical (unpaired) electrons. The highest BCUT2D eigenvalue weighted by Gasteiger charge is 2.45. The zero-order chi connectivity index (χ0) is 15.7. The number of amides is 1. The van der Waals surface area contributed by atoms with Crippen molar-refractivity contribution >= 4 is 17.8 Å². The second kappa shape index (κ2) is 5.40. The molecule has 0 aromatic heterocycles. The van der Waals surface area contributed by atoms with E-state index in [1.807, 2.05) is 0 Å². The van der Waals surface area contributed by atoms with Gasteiger partial charge in [0.1, 0.15) is 5.60 Å². The van der Waals surface area contributed by atoms with E-state index in [4.69, 9.17) is 9.47 Å². The van der Waals surface area contributed by atoms with Gasteiger partial charge in [0.15, 0.2) is 11.9 Å². The summed E-state index contributed by atoms with van der Waals surface area (Å²) in [6.07, 6.45) is -1.03. The molecule has 2 atom stereocenters. The predicted octanol–water partition coefficient (Wildman–Crippen LogP) is 0.385. The van der Waals surface area contributed by atoms with E-state index in [-0.39, 0.29) is 12.3 Å². The number of nitrogens with one attached hydrogen (secondary N) is 1. The topological polar surface area (TPSA) is 84.9 Å². The van der Waals surface area contributed by atoms with Gasteiger partial charge in [-0.3, -0.25) is 9.59 Å². The van der Waals surface area contributed by atoms with E-state index < -0.39 is 29.4 Å². The maximum absolute atomic E-state index is 12.1. The zero-order valence-corrected chi connectivity index (χ0v) is 12.8. The molecule has 7 heteroatoms. The Morgan fingerprint density at radius 1 is 1.40 bits per heavy atom. The largest absolute Gasteiger partial charge is 0.457 e. The van der Waals surface area contributed by atoms with E-state index in [1.54, 1.807) is 27.7 Å². The molecule has 0 saturated carbocycles. The van der Waals surface area contributed by atoms with Crippen molar-refractivity contribution in [3.63, 3.8) is 0 Å². The highest BCUT2D eigenvalue weighted by Crippen LogP contribution is 2.22. The van der Waals surface area contributed by atoms with Gasteiger partial charge in [0, 0.05) is 14.0 Å². The summed E-state index contributed by atoms with van der Waals surface area (Å²) in [6.45, 7) is 8.01. The molecule has 1 heterocycles. The highest BCUT2D eigenvalue weighted by molar-refractivity contribution is 5.86. The Morgan fingerprint density at radius 2 is 1.95 bits per heavy atom. The zero-order valence-electron chi connectivity index (χ0n) is 12.8. The smallest absolute Gasteiger partial charge is 0.344 e. The summed E-state index contributed by atoms with van der Waals surface area (Å²) in [5, 5.41) is 2.85. The third kappa shape index (κ3) is 4.19. The average Bonchev–Trinajstić information content (AvgIpc) is 2.19. The molecule has 1 N–H and O–H groups in total. The molecule has 0 bridgehead atoms. The van der Waals surface area contributed by atoms with Crippen LogP contribution in [0.3, 0.4) is 0 Å². The molecule has 1 amide bonds.